The van der Waals surface area contributed by atoms with E-state index in [0.29, 0.717) is 43.1 Å². The molecule has 2 aliphatic heterocycles. The van der Waals surface area contributed by atoms with Crippen molar-refractivity contribution in [1.29, 1.82) is 0 Å². The van der Waals surface area contributed by atoms with Gasteiger partial charge >= 0.3 is 5.97 Å². The first-order valence-electron chi connectivity index (χ1n) is 13.1. The lowest BCUT2D eigenvalue weighted by Crippen LogP contribution is -2.53. The van der Waals surface area contributed by atoms with Crippen molar-refractivity contribution >= 4 is 23.1 Å². The van der Waals surface area contributed by atoms with Gasteiger partial charge in [0.2, 0.25) is 0 Å². The predicted molar refractivity (Wildman–Crippen MR) is 149 cm³/mol. The molecule has 2 aliphatic rings. The van der Waals surface area contributed by atoms with Crippen LogP contribution in [0.5, 0.6) is 5.75 Å². The Hall–Kier alpha value is -3.23. The number of rotatable bonds is 6. The second kappa shape index (κ2) is 10.7. The molecule has 2 aromatic carbocycles. The standard InChI is InChI=1S/C31H33ClN2O5/c1-30(2,37)21-9-12-28-25(17-21)23(24-5-3-14-33-27(24)19-39-28)6-4-15-34-16-13-31(38,26(18-34)29(35)36)20-7-10-22(32)11-8-20/h3,5-12,14,17,26,37-38H,4,13,15-16,18-19H2,1-2H3,(H,35,36). The summed E-state index contributed by atoms with van der Waals surface area (Å²) in [7, 11) is 0. The van der Waals surface area contributed by atoms with Crippen LogP contribution in [0.2, 0.25) is 5.02 Å². The highest BCUT2D eigenvalue weighted by molar-refractivity contribution is 6.30. The molecule has 0 bridgehead atoms. The number of carbonyl (C=O) groups is 1. The highest BCUT2D eigenvalue weighted by atomic mass is 35.5. The number of aliphatic hydroxyl groups is 2. The smallest absolute Gasteiger partial charge is 0.311 e. The van der Waals surface area contributed by atoms with E-state index in [1.165, 1.54) is 0 Å². The van der Waals surface area contributed by atoms with E-state index in [4.69, 9.17) is 16.3 Å². The third-order valence-corrected chi connectivity index (χ3v) is 8.04. The minimum atomic E-state index is -1.46. The molecule has 204 valence electrons. The first kappa shape index (κ1) is 27.3. The number of likely N-dealkylation sites (tertiary alicyclic amines) is 1. The van der Waals surface area contributed by atoms with E-state index in [-0.39, 0.29) is 6.54 Å². The average molecular weight is 549 g/mol. The molecule has 2 unspecified atom stereocenters. The van der Waals surface area contributed by atoms with Gasteiger partial charge in [-0.2, -0.15) is 0 Å². The molecule has 5 rings (SSSR count). The van der Waals surface area contributed by atoms with Gasteiger partial charge in [0.25, 0.3) is 0 Å². The number of carboxylic acids is 1. The normalized spacial score (nSPS) is 22.5. The molecular formula is C31H33ClN2O5. The van der Waals surface area contributed by atoms with Crippen molar-refractivity contribution in [2.45, 2.75) is 44.5 Å². The second-order valence-corrected chi connectivity index (χ2v) is 11.3. The summed E-state index contributed by atoms with van der Waals surface area (Å²) in [4.78, 5) is 18.9. The molecule has 7 nitrogen and oxygen atoms in total. The van der Waals surface area contributed by atoms with Gasteiger partial charge in [0.05, 0.1) is 11.3 Å². The minimum Gasteiger partial charge on any atom is -0.487 e. The van der Waals surface area contributed by atoms with E-state index in [2.05, 4.69) is 16.0 Å². The van der Waals surface area contributed by atoms with Crippen LogP contribution >= 0.6 is 11.6 Å². The number of aliphatic carboxylic acids is 1. The Morgan fingerprint density at radius 2 is 1.97 bits per heavy atom. The summed E-state index contributed by atoms with van der Waals surface area (Å²) in [5.41, 5.74) is 2.56. The number of halogens is 1. The van der Waals surface area contributed by atoms with Crippen molar-refractivity contribution in [2.24, 2.45) is 5.92 Å². The molecular weight excluding hydrogens is 516 g/mol. The lowest BCUT2D eigenvalue weighted by atomic mass is 9.76. The Balaban J connectivity index is 1.40. The quantitative estimate of drug-likeness (QED) is 0.399. The Labute approximate surface area is 233 Å². The van der Waals surface area contributed by atoms with E-state index in [1.807, 2.05) is 30.3 Å². The van der Waals surface area contributed by atoms with E-state index in [0.717, 1.165) is 33.7 Å². The molecule has 0 amide bonds. The molecule has 1 saturated heterocycles. The number of hydrogen-bond donors (Lipinski definition) is 3. The van der Waals surface area contributed by atoms with Gasteiger partial charge in [0.15, 0.2) is 0 Å². The molecule has 0 aliphatic carbocycles. The Morgan fingerprint density at radius 3 is 2.69 bits per heavy atom. The average Bonchev–Trinajstić information content (AvgIpc) is 3.06. The largest absolute Gasteiger partial charge is 0.487 e. The molecule has 8 heteroatoms. The summed E-state index contributed by atoms with van der Waals surface area (Å²) in [5.74, 6) is -1.26. The minimum absolute atomic E-state index is 0.234. The fourth-order valence-corrected chi connectivity index (χ4v) is 5.65. The van der Waals surface area contributed by atoms with Crippen molar-refractivity contribution in [3.05, 3.63) is 99.8 Å². The molecule has 1 aromatic heterocycles. The molecule has 3 heterocycles. The van der Waals surface area contributed by atoms with Crippen molar-refractivity contribution in [1.82, 2.24) is 9.88 Å². The third-order valence-electron chi connectivity index (χ3n) is 7.78. The van der Waals surface area contributed by atoms with Crippen molar-refractivity contribution in [3.8, 4) is 5.75 Å². The number of ether oxygens (including phenoxy) is 1. The van der Waals surface area contributed by atoms with E-state index >= 15 is 0 Å². The highest BCUT2D eigenvalue weighted by Crippen LogP contribution is 2.40. The van der Waals surface area contributed by atoms with Crippen LogP contribution in [0.4, 0.5) is 0 Å². The molecule has 0 saturated carbocycles. The van der Waals surface area contributed by atoms with Crippen LogP contribution in [0.15, 0.2) is 66.9 Å². The van der Waals surface area contributed by atoms with Crippen LogP contribution in [-0.4, -0.2) is 50.8 Å². The Morgan fingerprint density at radius 1 is 1.21 bits per heavy atom. The van der Waals surface area contributed by atoms with Crippen LogP contribution in [0.1, 0.15) is 54.6 Å². The molecule has 1 fully saturated rings. The molecule has 3 N–H and O–H groups in total. The number of hydrogen-bond acceptors (Lipinski definition) is 6. The number of fused-ring (bicyclic) bond motifs is 2. The van der Waals surface area contributed by atoms with E-state index in [1.54, 1.807) is 44.3 Å². The summed E-state index contributed by atoms with van der Waals surface area (Å²) >= 11 is 6.01. The zero-order valence-electron chi connectivity index (χ0n) is 22.1. The summed E-state index contributed by atoms with van der Waals surface area (Å²) in [5, 5.41) is 32.6. The molecule has 3 aromatic rings. The first-order valence-corrected chi connectivity index (χ1v) is 13.5. The van der Waals surface area contributed by atoms with Gasteiger partial charge in [0.1, 0.15) is 23.9 Å². The molecule has 0 spiro atoms. The summed E-state index contributed by atoms with van der Waals surface area (Å²) < 4.78 is 6.09. The Kier molecular flexibility index (Phi) is 7.53. The first-order chi connectivity index (χ1) is 18.6. The van der Waals surface area contributed by atoms with Crippen LogP contribution in [0.25, 0.3) is 5.57 Å². The number of benzene rings is 2. The fourth-order valence-electron chi connectivity index (χ4n) is 5.52. The third kappa shape index (κ3) is 5.58. The van der Waals surface area contributed by atoms with Crippen molar-refractivity contribution in [2.75, 3.05) is 19.6 Å². The van der Waals surface area contributed by atoms with Gasteiger partial charge < -0.3 is 25.0 Å². The van der Waals surface area contributed by atoms with Crippen molar-refractivity contribution in [3.63, 3.8) is 0 Å². The molecule has 2 atom stereocenters. The summed E-state index contributed by atoms with van der Waals surface area (Å²) in [6.45, 7) is 5.28. The number of aromatic nitrogens is 1. The SMILES string of the molecule is CC(C)(O)c1ccc2c(c1)C(=CCCN1CCC(O)(c3ccc(Cl)cc3)C(C(=O)O)C1)c1cccnc1CO2. The highest BCUT2D eigenvalue weighted by Gasteiger charge is 2.46. The van der Waals surface area contributed by atoms with Crippen LogP contribution in [0, 0.1) is 5.92 Å². The summed E-state index contributed by atoms with van der Waals surface area (Å²) in [6, 6.07) is 16.4. The number of carboxylic acid groups (broad SMARTS) is 1. The molecule has 39 heavy (non-hydrogen) atoms. The lowest BCUT2D eigenvalue weighted by Gasteiger charge is -2.43. The van der Waals surface area contributed by atoms with E-state index < -0.39 is 23.1 Å². The van der Waals surface area contributed by atoms with Crippen molar-refractivity contribution < 1.29 is 24.9 Å². The fraction of sp³-hybridized carbons (Fsp3) is 0.355. The topological polar surface area (TPSA) is 103 Å². The van der Waals surface area contributed by atoms with Crippen LogP contribution in [-0.2, 0) is 22.6 Å². The second-order valence-electron chi connectivity index (χ2n) is 10.8. The zero-order valence-corrected chi connectivity index (χ0v) is 22.9. The van der Waals surface area contributed by atoms with E-state index in [9.17, 15) is 20.1 Å². The Bertz CT molecular complexity index is 1400. The van der Waals surface area contributed by atoms with Gasteiger partial charge in [-0.25, -0.2) is 0 Å². The maximum atomic E-state index is 12.2. The van der Waals surface area contributed by atoms with Gasteiger partial charge in [0, 0.05) is 42.0 Å². The van der Waals surface area contributed by atoms with Gasteiger partial charge in [-0.3, -0.25) is 9.78 Å². The van der Waals surface area contributed by atoms with Gasteiger partial charge in [-0.05, 0) is 73.7 Å². The lowest BCUT2D eigenvalue weighted by molar-refractivity contribution is -0.160. The number of pyridine rings is 1. The van der Waals surface area contributed by atoms with Crippen LogP contribution in [0.3, 0.4) is 0 Å². The van der Waals surface area contributed by atoms with Crippen LogP contribution < -0.4 is 4.74 Å². The number of nitrogens with zero attached hydrogens (tertiary/aromatic N) is 2. The maximum Gasteiger partial charge on any atom is 0.311 e. The zero-order chi connectivity index (χ0) is 27.8. The monoisotopic (exact) mass is 548 g/mol. The predicted octanol–water partition coefficient (Wildman–Crippen LogP) is 4.97. The maximum absolute atomic E-state index is 12.2. The van der Waals surface area contributed by atoms with Gasteiger partial charge in [-0.15, -0.1) is 0 Å². The summed E-state index contributed by atoms with van der Waals surface area (Å²) in [6.07, 6.45) is 4.85. The van der Waals surface area contributed by atoms with Gasteiger partial charge in [-0.1, -0.05) is 41.9 Å². The number of piperidine rings is 1. The molecule has 0 radical (unpaired) electrons.